The van der Waals surface area contributed by atoms with Crippen molar-refractivity contribution in [3.63, 3.8) is 0 Å². The van der Waals surface area contributed by atoms with Gasteiger partial charge in [-0.1, -0.05) is 0 Å². The summed E-state index contributed by atoms with van der Waals surface area (Å²) >= 11 is 0. The monoisotopic (exact) mass is 376 g/mol. The minimum absolute atomic E-state index is 0.0487. The molecule has 0 spiro atoms. The Balaban J connectivity index is 2.30. The summed E-state index contributed by atoms with van der Waals surface area (Å²) in [4.78, 5) is 20.9. The van der Waals surface area contributed by atoms with Crippen molar-refractivity contribution < 1.29 is 0 Å². The third kappa shape index (κ3) is 2.30. The SMILES string of the molecule is N#Cc1nc2c3c(c4nc(C#N)c(C#N)nc4c2nc1C#N)NC(C#N)C(N)=N3. The van der Waals surface area contributed by atoms with E-state index in [1.165, 1.54) is 0 Å². The number of rotatable bonds is 0. The van der Waals surface area contributed by atoms with Gasteiger partial charge in [0.25, 0.3) is 0 Å². The average molecular weight is 376 g/mol. The van der Waals surface area contributed by atoms with E-state index >= 15 is 0 Å². The smallest absolute Gasteiger partial charge is 0.177 e. The summed E-state index contributed by atoms with van der Waals surface area (Å²) in [7, 11) is 0. The molecule has 0 radical (unpaired) electrons. The predicted molar refractivity (Wildman–Crippen MR) is 95.8 cm³/mol. The van der Waals surface area contributed by atoms with Crippen molar-refractivity contribution in [2.24, 2.45) is 10.7 Å². The summed E-state index contributed by atoms with van der Waals surface area (Å²) in [5.74, 6) is -0.0487. The fraction of sp³-hybridized carbons (Fsp3) is 0.0588. The molecule has 29 heavy (non-hydrogen) atoms. The van der Waals surface area contributed by atoms with Crippen LogP contribution in [0, 0.1) is 56.7 Å². The van der Waals surface area contributed by atoms with Crippen molar-refractivity contribution in [1.29, 1.82) is 26.3 Å². The van der Waals surface area contributed by atoms with Crippen LogP contribution in [0.15, 0.2) is 4.99 Å². The number of nitrogens with two attached hydrogens (primary N) is 1. The molecule has 1 unspecified atom stereocenters. The highest BCUT2D eigenvalue weighted by molar-refractivity contribution is 6.17. The number of amidine groups is 1. The summed E-state index contributed by atoms with van der Waals surface area (Å²) in [6.45, 7) is 0. The molecule has 0 aliphatic carbocycles. The van der Waals surface area contributed by atoms with E-state index in [2.05, 4.69) is 30.2 Å². The first kappa shape index (κ1) is 17.1. The van der Waals surface area contributed by atoms with E-state index in [1.807, 2.05) is 6.07 Å². The van der Waals surface area contributed by atoms with Crippen LogP contribution in [0.25, 0.3) is 22.1 Å². The number of nitrogens with zero attached hydrogens (tertiary/aromatic N) is 10. The van der Waals surface area contributed by atoms with Crippen LogP contribution >= 0.6 is 0 Å². The average Bonchev–Trinajstić information content (AvgIpc) is 2.76. The number of nitriles is 5. The largest absolute Gasteiger partial charge is 0.384 e. The lowest BCUT2D eigenvalue weighted by molar-refractivity contribution is 1.10. The van der Waals surface area contributed by atoms with Crippen molar-refractivity contribution in [2.45, 2.75) is 6.04 Å². The Morgan fingerprint density at radius 1 is 0.690 bits per heavy atom. The lowest BCUT2D eigenvalue weighted by atomic mass is 10.1. The second kappa shape index (κ2) is 6.10. The molecule has 0 amide bonds. The fourth-order valence-corrected chi connectivity index (χ4v) is 2.84. The summed E-state index contributed by atoms with van der Waals surface area (Å²) in [6.07, 6.45) is 0. The highest BCUT2D eigenvalue weighted by atomic mass is 15.1. The Labute approximate surface area is 161 Å². The molecule has 132 valence electrons. The zero-order chi connectivity index (χ0) is 20.7. The zero-order valence-electron chi connectivity index (χ0n) is 14.1. The molecule has 1 aliphatic heterocycles. The standard InChI is InChI=1S/C17H4N12/c18-1-6-7(2-19)26-13-11(24-6)12-14(27-9(4-21)8(3-20)25-12)16-15(13)28-10(5-22)17(23)29-16/h10,28H,(H2,23,29). The van der Waals surface area contributed by atoms with E-state index in [-0.39, 0.29) is 62.1 Å². The van der Waals surface area contributed by atoms with Crippen molar-refractivity contribution in [2.75, 3.05) is 5.32 Å². The molecule has 0 saturated carbocycles. The maximum atomic E-state index is 9.29. The molecule has 12 nitrogen and oxygen atoms in total. The van der Waals surface area contributed by atoms with Gasteiger partial charge in [-0.15, -0.1) is 0 Å². The second-order valence-corrected chi connectivity index (χ2v) is 5.65. The van der Waals surface area contributed by atoms with Crippen LogP contribution in [-0.2, 0) is 0 Å². The third-order valence-corrected chi connectivity index (χ3v) is 4.09. The topological polar surface area (TPSA) is 221 Å². The van der Waals surface area contributed by atoms with Gasteiger partial charge in [0, 0.05) is 0 Å². The fourth-order valence-electron chi connectivity index (χ4n) is 2.84. The minimum Gasteiger partial charge on any atom is -0.384 e. The molecule has 4 rings (SSSR count). The normalized spacial score (nSPS) is 14.3. The van der Waals surface area contributed by atoms with Gasteiger partial charge >= 0.3 is 0 Å². The molecule has 3 heterocycles. The summed E-state index contributed by atoms with van der Waals surface area (Å²) in [6, 6.07) is 8.09. The Kier molecular flexibility index (Phi) is 3.59. The van der Waals surface area contributed by atoms with Gasteiger partial charge in [0.15, 0.2) is 28.8 Å². The number of fused-ring (bicyclic) bond motifs is 6. The van der Waals surface area contributed by atoms with Crippen molar-refractivity contribution in [3.8, 4) is 30.3 Å². The third-order valence-electron chi connectivity index (χ3n) is 4.09. The molecular formula is C17H4N12. The highest BCUT2D eigenvalue weighted by Gasteiger charge is 2.28. The van der Waals surface area contributed by atoms with Crippen LogP contribution < -0.4 is 11.1 Å². The number of aliphatic imine (C=N–C) groups is 1. The Hall–Kier alpha value is -5.38. The number of benzene rings is 1. The Morgan fingerprint density at radius 3 is 1.62 bits per heavy atom. The summed E-state index contributed by atoms with van der Waals surface area (Å²) < 4.78 is 0. The Bertz CT molecular complexity index is 1500. The number of nitrogens with one attached hydrogen (secondary N) is 1. The first-order chi connectivity index (χ1) is 14.1. The highest BCUT2D eigenvalue weighted by Crippen LogP contribution is 2.41. The maximum Gasteiger partial charge on any atom is 0.177 e. The van der Waals surface area contributed by atoms with Gasteiger partial charge in [0.05, 0.1) is 11.8 Å². The van der Waals surface area contributed by atoms with Gasteiger partial charge in [0.1, 0.15) is 57.9 Å². The van der Waals surface area contributed by atoms with Crippen LogP contribution in [0.5, 0.6) is 0 Å². The zero-order valence-corrected chi connectivity index (χ0v) is 14.1. The predicted octanol–water partition coefficient (Wildman–Crippen LogP) is 0.366. The molecule has 1 aliphatic rings. The van der Waals surface area contributed by atoms with E-state index < -0.39 is 6.04 Å². The van der Waals surface area contributed by atoms with Crippen molar-refractivity contribution in [1.82, 2.24) is 19.9 Å². The molecule has 1 aromatic carbocycles. The van der Waals surface area contributed by atoms with Crippen LogP contribution in [0.3, 0.4) is 0 Å². The van der Waals surface area contributed by atoms with E-state index in [9.17, 15) is 26.3 Å². The number of hydrogen-bond acceptors (Lipinski definition) is 12. The summed E-state index contributed by atoms with van der Waals surface area (Å²) in [5.41, 5.74) is 5.49. The molecular weight excluding hydrogens is 372 g/mol. The molecule has 0 bridgehead atoms. The number of anilines is 1. The molecule has 3 aromatic rings. The lowest BCUT2D eigenvalue weighted by Crippen LogP contribution is -2.36. The van der Waals surface area contributed by atoms with Gasteiger partial charge in [-0.25, -0.2) is 24.9 Å². The van der Waals surface area contributed by atoms with Gasteiger partial charge in [0.2, 0.25) is 0 Å². The quantitative estimate of drug-likeness (QED) is 0.509. The van der Waals surface area contributed by atoms with E-state index in [0.717, 1.165) is 0 Å². The van der Waals surface area contributed by atoms with Crippen molar-refractivity contribution >= 4 is 39.3 Å². The lowest BCUT2D eigenvalue weighted by Gasteiger charge is -2.22. The minimum atomic E-state index is -0.979. The molecule has 1 atom stereocenters. The summed E-state index contributed by atoms with van der Waals surface area (Å²) in [5, 5.41) is 49.3. The molecule has 0 fully saturated rings. The van der Waals surface area contributed by atoms with Crippen LogP contribution in [0.4, 0.5) is 11.4 Å². The molecule has 3 N–H and O–H groups in total. The van der Waals surface area contributed by atoms with Gasteiger partial charge in [-0.3, -0.25) is 0 Å². The second-order valence-electron chi connectivity index (χ2n) is 5.65. The van der Waals surface area contributed by atoms with E-state index in [0.29, 0.717) is 0 Å². The number of aromatic nitrogens is 4. The maximum absolute atomic E-state index is 9.29. The van der Waals surface area contributed by atoms with E-state index in [1.54, 1.807) is 24.3 Å². The van der Waals surface area contributed by atoms with Crippen LogP contribution in [0.2, 0.25) is 0 Å². The molecule has 2 aromatic heterocycles. The van der Waals surface area contributed by atoms with Crippen molar-refractivity contribution in [3.05, 3.63) is 22.8 Å². The molecule has 12 heteroatoms. The van der Waals surface area contributed by atoms with Crippen LogP contribution in [0.1, 0.15) is 22.8 Å². The number of hydrogen-bond donors (Lipinski definition) is 2. The van der Waals surface area contributed by atoms with Crippen LogP contribution in [-0.4, -0.2) is 31.8 Å². The molecule has 0 saturated heterocycles. The Morgan fingerprint density at radius 2 is 1.14 bits per heavy atom. The van der Waals surface area contributed by atoms with Gasteiger partial charge in [-0.2, -0.15) is 26.3 Å². The first-order valence-corrected chi connectivity index (χ1v) is 7.76. The van der Waals surface area contributed by atoms with E-state index in [4.69, 9.17) is 5.73 Å². The first-order valence-electron chi connectivity index (χ1n) is 7.76. The van der Waals surface area contributed by atoms with Gasteiger partial charge < -0.3 is 11.1 Å². The van der Waals surface area contributed by atoms with Gasteiger partial charge in [-0.05, 0) is 0 Å².